The van der Waals surface area contributed by atoms with Gasteiger partial charge in [0.05, 0.1) is 22.4 Å². The Labute approximate surface area is 122 Å². The van der Waals surface area contributed by atoms with Crippen molar-refractivity contribution >= 4 is 51.5 Å². The molecule has 20 heavy (non-hydrogen) atoms. The summed E-state index contributed by atoms with van der Waals surface area (Å²) in [6.07, 6.45) is 1.69. The van der Waals surface area contributed by atoms with Crippen molar-refractivity contribution in [3.63, 3.8) is 0 Å². The minimum Gasteiger partial charge on any atom is -0.369 e. The van der Waals surface area contributed by atoms with Crippen LogP contribution >= 0.6 is 23.3 Å². The van der Waals surface area contributed by atoms with Gasteiger partial charge in [0.1, 0.15) is 16.6 Å². The molecule has 0 saturated heterocycles. The van der Waals surface area contributed by atoms with Gasteiger partial charge in [0.25, 0.3) is 0 Å². The van der Waals surface area contributed by atoms with Crippen LogP contribution in [0.15, 0.2) is 30.5 Å². The molecule has 6 nitrogen and oxygen atoms in total. The molecule has 0 radical (unpaired) electrons. The monoisotopic (exact) mass is 302 g/mol. The summed E-state index contributed by atoms with van der Waals surface area (Å²) in [5.41, 5.74) is 9.50. The number of hydrogen-bond acceptors (Lipinski definition) is 6. The Bertz CT molecular complexity index is 944. The van der Waals surface area contributed by atoms with Crippen LogP contribution in [0.2, 0.25) is 5.02 Å². The zero-order chi connectivity index (χ0) is 13.7. The highest BCUT2D eigenvalue weighted by Gasteiger charge is 2.18. The van der Waals surface area contributed by atoms with Crippen molar-refractivity contribution in [2.45, 2.75) is 0 Å². The standard InChI is InChI=1S/C12H7ClN6S/c13-6-3-4-7-9(18-20-17-7)10(6)19-11-8(16-12(19)14)2-1-5-15-11/h1-5H,(H2,14,16). The highest BCUT2D eigenvalue weighted by molar-refractivity contribution is 7.00. The van der Waals surface area contributed by atoms with E-state index in [1.54, 1.807) is 16.8 Å². The second-order valence-electron chi connectivity index (χ2n) is 4.18. The van der Waals surface area contributed by atoms with E-state index in [1.807, 2.05) is 18.2 Å². The molecule has 8 heteroatoms. The van der Waals surface area contributed by atoms with Crippen LogP contribution in [0.5, 0.6) is 0 Å². The van der Waals surface area contributed by atoms with Crippen LogP contribution in [0.1, 0.15) is 0 Å². The van der Waals surface area contributed by atoms with E-state index >= 15 is 0 Å². The summed E-state index contributed by atoms with van der Waals surface area (Å²) < 4.78 is 10.2. The molecule has 1 aromatic carbocycles. The second-order valence-corrected chi connectivity index (χ2v) is 5.12. The first-order chi connectivity index (χ1) is 9.75. The minimum absolute atomic E-state index is 0.320. The van der Waals surface area contributed by atoms with Gasteiger partial charge in [0.15, 0.2) is 5.65 Å². The number of pyridine rings is 1. The average molecular weight is 303 g/mol. The number of nitrogens with two attached hydrogens (primary N) is 1. The maximum absolute atomic E-state index is 6.33. The van der Waals surface area contributed by atoms with E-state index < -0.39 is 0 Å². The second kappa shape index (κ2) is 4.12. The zero-order valence-corrected chi connectivity index (χ0v) is 11.6. The van der Waals surface area contributed by atoms with Crippen molar-refractivity contribution in [2.24, 2.45) is 0 Å². The number of aromatic nitrogens is 5. The van der Waals surface area contributed by atoms with Gasteiger partial charge in [0.2, 0.25) is 5.95 Å². The van der Waals surface area contributed by atoms with E-state index in [0.29, 0.717) is 33.3 Å². The molecule has 4 rings (SSSR count). The quantitative estimate of drug-likeness (QED) is 0.584. The van der Waals surface area contributed by atoms with Gasteiger partial charge in [-0.2, -0.15) is 8.75 Å². The minimum atomic E-state index is 0.320. The summed E-state index contributed by atoms with van der Waals surface area (Å²) in [5.74, 6) is 0.320. The fraction of sp³-hybridized carbons (Fsp3) is 0. The van der Waals surface area contributed by atoms with Crippen LogP contribution in [-0.2, 0) is 0 Å². The first kappa shape index (κ1) is 11.6. The van der Waals surface area contributed by atoms with E-state index in [9.17, 15) is 0 Å². The molecule has 0 amide bonds. The number of nitrogens with zero attached hydrogens (tertiary/aromatic N) is 5. The maximum atomic E-state index is 6.33. The zero-order valence-electron chi connectivity index (χ0n) is 9.99. The third kappa shape index (κ3) is 1.50. The highest BCUT2D eigenvalue weighted by atomic mass is 35.5. The topological polar surface area (TPSA) is 82.5 Å². The number of halogens is 1. The number of rotatable bonds is 1. The Balaban J connectivity index is 2.19. The summed E-state index contributed by atoms with van der Waals surface area (Å²) in [7, 11) is 0. The lowest BCUT2D eigenvalue weighted by molar-refractivity contribution is 1.09. The molecule has 0 aliphatic carbocycles. The smallest absolute Gasteiger partial charge is 0.207 e. The average Bonchev–Trinajstić information content (AvgIpc) is 3.03. The Morgan fingerprint density at radius 2 is 2.05 bits per heavy atom. The maximum Gasteiger partial charge on any atom is 0.207 e. The molecule has 0 fully saturated rings. The van der Waals surface area contributed by atoms with Gasteiger partial charge in [-0.05, 0) is 24.3 Å². The highest BCUT2D eigenvalue weighted by Crippen LogP contribution is 2.32. The predicted molar refractivity (Wildman–Crippen MR) is 79.3 cm³/mol. The fourth-order valence-electron chi connectivity index (χ4n) is 2.18. The van der Waals surface area contributed by atoms with Crippen LogP contribution in [0, 0.1) is 0 Å². The van der Waals surface area contributed by atoms with E-state index in [0.717, 1.165) is 17.2 Å². The summed E-state index contributed by atoms with van der Waals surface area (Å²) in [6, 6.07) is 7.26. The van der Waals surface area contributed by atoms with Crippen LogP contribution in [0.4, 0.5) is 5.95 Å². The number of anilines is 1. The van der Waals surface area contributed by atoms with Crippen LogP contribution in [0.25, 0.3) is 27.9 Å². The fourth-order valence-corrected chi connectivity index (χ4v) is 2.95. The van der Waals surface area contributed by atoms with Gasteiger partial charge in [-0.25, -0.2) is 9.97 Å². The summed E-state index contributed by atoms with van der Waals surface area (Å²) in [5, 5.41) is 0.529. The van der Waals surface area contributed by atoms with Crippen molar-refractivity contribution in [3.8, 4) is 5.69 Å². The van der Waals surface area contributed by atoms with E-state index in [4.69, 9.17) is 17.3 Å². The largest absolute Gasteiger partial charge is 0.369 e. The molecular weight excluding hydrogens is 296 g/mol. The van der Waals surface area contributed by atoms with E-state index in [2.05, 4.69) is 18.7 Å². The Hall–Kier alpha value is -2.25. The molecule has 0 saturated carbocycles. The molecule has 0 unspecified atom stereocenters. The number of imidazole rings is 1. The van der Waals surface area contributed by atoms with Gasteiger partial charge in [-0.1, -0.05) is 11.6 Å². The number of hydrogen-bond donors (Lipinski definition) is 1. The molecule has 0 atom stereocenters. The molecule has 4 aromatic rings. The van der Waals surface area contributed by atoms with Gasteiger partial charge >= 0.3 is 0 Å². The van der Waals surface area contributed by atoms with Gasteiger partial charge < -0.3 is 5.73 Å². The molecule has 3 aromatic heterocycles. The SMILES string of the molecule is Nc1nc2cccnc2n1-c1c(Cl)ccc2nsnc12. The third-order valence-electron chi connectivity index (χ3n) is 3.02. The molecular formula is C12H7ClN6S. The lowest BCUT2D eigenvalue weighted by atomic mass is 10.2. The van der Waals surface area contributed by atoms with Crippen LogP contribution in [-0.4, -0.2) is 23.3 Å². The normalized spacial score (nSPS) is 11.4. The Kier molecular flexibility index (Phi) is 2.38. The lowest BCUT2D eigenvalue weighted by Crippen LogP contribution is -2.03. The molecule has 0 aliphatic rings. The van der Waals surface area contributed by atoms with Crippen molar-refractivity contribution in [3.05, 3.63) is 35.5 Å². The van der Waals surface area contributed by atoms with Crippen LogP contribution in [0.3, 0.4) is 0 Å². The van der Waals surface area contributed by atoms with Crippen molar-refractivity contribution in [2.75, 3.05) is 5.73 Å². The molecule has 3 heterocycles. The summed E-state index contributed by atoms with van der Waals surface area (Å²) in [4.78, 5) is 8.62. The lowest BCUT2D eigenvalue weighted by Gasteiger charge is -2.08. The molecule has 0 bridgehead atoms. The molecule has 0 spiro atoms. The molecule has 0 aliphatic heterocycles. The number of nitrogen functional groups attached to an aromatic ring is 1. The first-order valence-electron chi connectivity index (χ1n) is 5.76. The van der Waals surface area contributed by atoms with Crippen LogP contribution < -0.4 is 5.73 Å². The van der Waals surface area contributed by atoms with Crippen molar-refractivity contribution in [1.82, 2.24) is 23.3 Å². The third-order valence-corrected chi connectivity index (χ3v) is 3.87. The number of fused-ring (bicyclic) bond motifs is 2. The Morgan fingerprint density at radius 3 is 2.95 bits per heavy atom. The molecule has 2 N–H and O–H groups in total. The van der Waals surface area contributed by atoms with E-state index in [1.165, 1.54) is 0 Å². The van der Waals surface area contributed by atoms with Crippen molar-refractivity contribution in [1.29, 1.82) is 0 Å². The van der Waals surface area contributed by atoms with Gasteiger partial charge in [-0.15, -0.1) is 0 Å². The summed E-state index contributed by atoms with van der Waals surface area (Å²) in [6.45, 7) is 0. The van der Waals surface area contributed by atoms with Crippen molar-refractivity contribution < 1.29 is 0 Å². The molecule has 98 valence electrons. The predicted octanol–water partition coefficient (Wildman–Crippen LogP) is 2.66. The summed E-state index contributed by atoms with van der Waals surface area (Å²) >= 11 is 7.46. The first-order valence-corrected chi connectivity index (χ1v) is 6.86. The van der Waals surface area contributed by atoms with E-state index in [-0.39, 0.29) is 0 Å². The van der Waals surface area contributed by atoms with Gasteiger partial charge in [0, 0.05) is 6.20 Å². The Morgan fingerprint density at radius 1 is 1.15 bits per heavy atom. The van der Waals surface area contributed by atoms with Gasteiger partial charge in [-0.3, -0.25) is 4.57 Å². The number of benzene rings is 1.